The van der Waals surface area contributed by atoms with Gasteiger partial charge in [0.1, 0.15) is 6.10 Å². The number of carbonyl (C=O) groups is 1. The highest BCUT2D eigenvalue weighted by molar-refractivity contribution is 7.98. The second-order valence-electron chi connectivity index (χ2n) is 3.83. The molecule has 1 aliphatic heterocycles. The number of ether oxygens (including phenoxy) is 1. The van der Waals surface area contributed by atoms with Crippen molar-refractivity contribution in [3.8, 4) is 0 Å². The first-order chi connectivity index (χ1) is 7.22. The zero-order valence-electron chi connectivity index (χ0n) is 8.90. The van der Waals surface area contributed by atoms with E-state index in [0.29, 0.717) is 6.42 Å². The van der Waals surface area contributed by atoms with Crippen LogP contribution in [0.1, 0.15) is 25.0 Å². The summed E-state index contributed by atoms with van der Waals surface area (Å²) in [7, 11) is 0. The van der Waals surface area contributed by atoms with Gasteiger partial charge in [-0.1, -0.05) is 25.1 Å². The largest absolute Gasteiger partial charge is 0.457 e. The van der Waals surface area contributed by atoms with E-state index in [1.165, 1.54) is 4.90 Å². The van der Waals surface area contributed by atoms with Gasteiger partial charge in [0.25, 0.3) is 0 Å². The third-order valence-corrected chi connectivity index (χ3v) is 3.52. The van der Waals surface area contributed by atoms with Gasteiger partial charge in [0.2, 0.25) is 0 Å². The van der Waals surface area contributed by atoms with Crippen molar-refractivity contribution < 1.29 is 9.53 Å². The van der Waals surface area contributed by atoms with Gasteiger partial charge in [0, 0.05) is 16.4 Å². The van der Waals surface area contributed by atoms with Gasteiger partial charge in [0.05, 0.1) is 6.42 Å². The third-order valence-electron chi connectivity index (χ3n) is 2.71. The molecule has 3 heteroatoms. The first-order valence-electron chi connectivity index (χ1n) is 5.04. The van der Waals surface area contributed by atoms with Crippen LogP contribution in [0.15, 0.2) is 29.2 Å². The first kappa shape index (κ1) is 10.6. The van der Waals surface area contributed by atoms with Gasteiger partial charge in [-0.2, -0.15) is 0 Å². The summed E-state index contributed by atoms with van der Waals surface area (Å²) in [5, 5.41) is 0. The highest BCUT2D eigenvalue weighted by Crippen LogP contribution is 2.38. The van der Waals surface area contributed by atoms with Crippen molar-refractivity contribution in [2.75, 3.05) is 6.26 Å². The monoisotopic (exact) mass is 222 g/mol. The number of hydrogen-bond donors (Lipinski definition) is 0. The van der Waals surface area contributed by atoms with Crippen LogP contribution in [0, 0.1) is 5.92 Å². The van der Waals surface area contributed by atoms with Gasteiger partial charge in [-0.15, -0.1) is 11.8 Å². The summed E-state index contributed by atoms with van der Waals surface area (Å²) in [4.78, 5) is 12.4. The second-order valence-corrected chi connectivity index (χ2v) is 4.68. The van der Waals surface area contributed by atoms with E-state index >= 15 is 0 Å². The summed E-state index contributed by atoms with van der Waals surface area (Å²) in [6, 6.07) is 8.12. The zero-order chi connectivity index (χ0) is 10.8. The SMILES string of the molecule is CSc1ccccc1[C@@H]1OC(=O)C[C@@H]1C. The van der Waals surface area contributed by atoms with E-state index in [9.17, 15) is 4.79 Å². The van der Waals surface area contributed by atoms with Crippen molar-refractivity contribution in [2.45, 2.75) is 24.3 Å². The molecule has 1 aliphatic rings. The molecule has 0 bridgehead atoms. The molecule has 2 atom stereocenters. The van der Waals surface area contributed by atoms with Crippen molar-refractivity contribution in [1.82, 2.24) is 0 Å². The number of esters is 1. The van der Waals surface area contributed by atoms with Crippen LogP contribution in [-0.4, -0.2) is 12.2 Å². The van der Waals surface area contributed by atoms with E-state index in [1.54, 1.807) is 11.8 Å². The standard InChI is InChI=1S/C12H14O2S/c1-8-7-11(13)14-12(8)9-5-3-4-6-10(9)15-2/h3-6,8,12H,7H2,1-2H3/t8-,12+/m0/s1. The predicted molar refractivity (Wildman–Crippen MR) is 60.8 cm³/mol. The van der Waals surface area contributed by atoms with Crippen molar-refractivity contribution in [1.29, 1.82) is 0 Å². The average Bonchev–Trinajstić information content (AvgIpc) is 2.57. The summed E-state index contributed by atoms with van der Waals surface area (Å²) in [6.45, 7) is 2.06. The molecule has 0 aliphatic carbocycles. The van der Waals surface area contributed by atoms with E-state index in [2.05, 4.69) is 13.0 Å². The molecule has 1 heterocycles. The highest BCUT2D eigenvalue weighted by atomic mass is 32.2. The van der Waals surface area contributed by atoms with E-state index in [-0.39, 0.29) is 18.0 Å². The lowest BCUT2D eigenvalue weighted by Crippen LogP contribution is -2.05. The van der Waals surface area contributed by atoms with Gasteiger partial charge in [0.15, 0.2) is 0 Å². The normalized spacial score (nSPS) is 25.3. The molecule has 0 aromatic heterocycles. The first-order valence-corrected chi connectivity index (χ1v) is 6.27. The Bertz CT molecular complexity index is 376. The fourth-order valence-corrected chi connectivity index (χ4v) is 2.58. The topological polar surface area (TPSA) is 26.3 Å². The second kappa shape index (κ2) is 4.27. The van der Waals surface area contributed by atoms with Gasteiger partial charge in [-0.3, -0.25) is 4.79 Å². The molecule has 1 saturated heterocycles. The molecule has 1 fully saturated rings. The number of thioether (sulfide) groups is 1. The smallest absolute Gasteiger partial charge is 0.306 e. The lowest BCUT2D eigenvalue weighted by atomic mass is 9.97. The van der Waals surface area contributed by atoms with Crippen LogP contribution in [0.25, 0.3) is 0 Å². The Morgan fingerprint density at radius 2 is 2.13 bits per heavy atom. The summed E-state index contributed by atoms with van der Waals surface area (Å²) >= 11 is 1.69. The van der Waals surface area contributed by atoms with Crippen LogP contribution < -0.4 is 0 Å². The summed E-state index contributed by atoms with van der Waals surface area (Å²) < 4.78 is 5.35. The maximum atomic E-state index is 11.2. The predicted octanol–water partition coefficient (Wildman–Crippen LogP) is 3.03. The molecule has 0 amide bonds. The Labute approximate surface area is 94.0 Å². The minimum atomic E-state index is -0.0802. The minimum absolute atomic E-state index is 0.0545. The van der Waals surface area contributed by atoms with E-state index in [4.69, 9.17) is 4.74 Å². The highest BCUT2D eigenvalue weighted by Gasteiger charge is 2.33. The number of rotatable bonds is 2. The maximum absolute atomic E-state index is 11.2. The van der Waals surface area contributed by atoms with E-state index in [1.807, 2.05) is 24.5 Å². The van der Waals surface area contributed by atoms with Crippen LogP contribution >= 0.6 is 11.8 Å². The van der Waals surface area contributed by atoms with Crippen LogP contribution in [0.3, 0.4) is 0 Å². The number of carbonyl (C=O) groups excluding carboxylic acids is 1. The molecule has 15 heavy (non-hydrogen) atoms. The van der Waals surface area contributed by atoms with Crippen molar-refractivity contribution in [3.05, 3.63) is 29.8 Å². The molecule has 0 unspecified atom stereocenters. The Morgan fingerprint density at radius 3 is 2.73 bits per heavy atom. The third kappa shape index (κ3) is 2.02. The molecule has 0 N–H and O–H groups in total. The lowest BCUT2D eigenvalue weighted by molar-refractivity contribution is -0.141. The number of benzene rings is 1. The van der Waals surface area contributed by atoms with Gasteiger partial charge in [-0.25, -0.2) is 0 Å². The van der Waals surface area contributed by atoms with Crippen LogP contribution in [0.4, 0.5) is 0 Å². The van der Waals surface area contributed by atoms with Crippen molar-refractivity contribution in [3.63, 3.8) is 0 Å². The van der Waals surface area contributed by atoms with Crippen LogP contribution in [-0.2, 0) is 9.53 Å². The molecule has 0 radical (unpaired) electrons. The van der Waals surface area contributed by atoms with Crippen molar-refractivity contribution in [2.24, 2.45) is 5.92 Å². The minimum Gasteiger partial charge on any atom is -0.457 e. The Morgan fingerprint density at radius 1 is 1.40 bits per heavy atom. The van der Waals surface area contributed by atoms with E-state index < -0.39 is 0 Å². The Balaban J connectivity index is 2.32. The molecule has 1 aromatic rings. The van der Waals surface area contributed by atoms with Crippen LogP contribution in [0.2, 0.25) is 0 Å². The quantitative estimate of drug-likeness (QED) is 0.568. The Hall–Kier alpha value is -0.960. The number of hydrogen-bond acceptors (Lipinski definition) is 3. The van der Waals surface area contributed by atoms with Crippen LogP contribution in [0.5, 0.6) is 0 Å². The zero-order valence-corrected chi connectivity index (χ0v) is 9.71. The molecular formula is C12H14O2S. The summed E-state index contributed by atoms with van der Waals surface area (Å²) in [5.41, 5.74) is 1.14. The summed E-state index contributed by atoms with van der Waals surface area (Å²) in [5.74, 6) is 0.203. The average molecular weight is 222 g/mol. The fraction of sp³-hybridized carbons (Fsp3) is 0.417. The number of cyclic esters (lactones) is 1. The van der Waals surface area contributed by atoms with Gasteiger partial charge in [-0.05, 0) is 12.3 Å². The molecule has 80 valence electrons. The van der Waals surface area contributed by atoms with Gasteiger partial charge >= 0.3 is 5.97 Å². The lowest BCUT2D eigenvalue weighted by Gasteiger charge is -2.16. The molecule has 2 rings (SSSR count). The fourth-order valence-electron chi connectivity index (χ4n) is 1.95. The van der Waals surface area contributed by atoms with Gasteiger partial charge < -0.3 is 4.74 Å². The van der Waals surface area contributed by atoms with Crippen molar-refractivity contribution >= 4 is 17.7 Å². The summed E-state index contributed by atoms with van der Waals surface area (Å²) in [6.07, 6.45) is 2.52. The molecule has 0 saturated carbocycles. The Kier molecular flexibility index (Phi) is 3.00. The maximum Gasteiger partial charge on any atom is 0.306 e. The molecule has 1 aromatic carbocycles. The molecular weight excluding hydrogens is 208 g/mol. The molecule has 2 nitrogen and oxygen atoms in total. The van der Waals surface area contributed by atoms with E-state index in [0.717, 1.165) is 5.56 Å². The molecule has 0 spiro atoms.